The zero-order valence-electron chi connectivity index (χ0n) is 10.0. The molecule has 0 saturated carbocycles. The van der Waals surface area contributed by atoms with Gasteiger partial charge in [-0.25, -0.2) is 0 Å². The van der Waals surface area contributed by atoms with Crippen molar-refractivity contribution in [3.05, 3.63) is 12.7 Å². The third-order valence-electron chi connectivity index (χ3n) is 4.07. The van der Waals surface area contributed by atoms with Crippen LogP contribution in [-0.2, 0) is 4.79 Å². The Labute approximate surface area is 97.9 Å². The van der Waals surface area contributed by atoms with Crippen molar-refractivity contribution in [3.8, 4) is 0 Å². The molecule has 2 aliphatic rings. The summed E-state index contributed by atoms with van der Waals surface area (Å²) in [5.74, 6) is 0.306. The highest BCUT2D eigenvalue weighted by atomic mass is 16.2. The minimum Gasteiger partial charge on any atom is -0.343 e. The normalized spacial score (nSPS) is 23.6. The standard InChI is InChI=1S/C13H22N2O/c1-2-3-4-12(16)15-9-6-13(7-10-15)5-8-14-11-13/h2,14H,1,3-11H2. The van der Waals surface area contributed by atoms with Gasteiger partial charge in [0.2, 0.25) is 5.91 Å². The molecule has 2 aliphatic heterocycles. The van der Waals surface area contributed by atoms with Crippen molar-refractivity contribution in [2.45, 2.75) is 32.1 Å². The molecule has 3 nitrogen and oxygen atoms in total. The lowest BCUT2D eigenvalue weighted by atomic mass is 9.78. The second kappa shape index (κ2) is 5.00. The van der Waals surface area contributed by atoms with Crippen molar-refractivity contribution >= 4 is 5.91 Å². The Morgan fingerprint density at radius 3 is 2.69 bits per heavy atom. The molecule has 1 N–H and O–H groups in total. The van der Waals surface area contributed by atoms with Crippen LogP contribution >= 0.6 is 0 Å². The van der Waals surface area contributed by atoms with Crippen LogP contribution in [0.5, 0.6) is 0 Å². The summed E-state index contributed by atoms with van der Waals surface area (Å²) in [6.45, 7) is 7.88. The van der Waals surface area contributed by atoms with E-state index in [9.17, 15) is 4.79 Å². The number of allylic oxidation sites excluding steroid dienone is 1. The van der Waals surface area contributed by atoms with Crippen molar-refractivity contribution in [3.63, 3.8) is 0 Å². The van der Waals surface area contributed by atoms with E-state index in [4.69, 9.17) is 0 Å². The minimum atomic E-state index is 0.306. The first-order valence-corrected chi connectivity index (χ1v) is 6.35. The zero-order valence-corrected chi connectivity index (χ0v) is 10.0. The highest BCUT2D eigenvalue weighted by molar-refractivity contribution is 5.76. The summed E-state index contributed by atoms with van der Waals surface area (Å²) in [6.07, 6.45) is 6.92. The van der Waals surface area contributed by atoms with Gasteiger partial charge in [0.25, 0.3) is 0 Å². The molecule has 0 aromatic carbocycles. The summed E-state index contributed by atoms with van der Waals surface area (Å²) < 4.78 is 0. The number of rotatable bonds is 3. The van der Waals surface area contributed by atoms with E-state index in [1.807, 2.05) is 11.0 Å². The van der Waals surface area contributed by atoms with Crippen molar-refractivity contribution in [1.82, 2.24) is 10.2 Å². The fourth-order valence-corrected chi connectivity index (χ4v) is 2.84. The first kappa shape index (κ1) is 11.6. The van der Waals surface area contributed by atoms with Crippen LogP contribution in [0.3, 0.4) is 0 Å². The van der Waals surface area contributed by atoms with Gasteiger partial charge >= 0.3 is 0 Å². The van der Waals surface area contributed by atoms with Crippen LogP contribution in [0, 0.1) is 5.41 Å². The lowest BCUT2D eigenvalue weighted by molar-refractivity contribution is -0.133. The first-order valence-electron chi connectivity index (χ1n) is 6.35. The van der Waals surface area contributed by atoms with Crippen LogP contribution in [-0.4, -0.2) is 37.0 Å². The Bertz CT molecular complexity index is 259. The number of nitrogens with one attached hydrogen (secondary N) is 1. The Balaban J connectivity index is 1.80. The number of carbonyl (C=O) groups is 1. The van der Waals surface area contributed by atoms with E-state index in [0.29, 0.717) is 17.7 Å². The van der Waals surface area contributed by atoms with Gasteiger partial charge in [-0.1, -0.05) is 6.08 Å². The molecule has 0 radical (unpaired) electrons. The van der Waals surface area contributed by atoms with E-state index in [-0.39, 0.29) is 0 Å². The molecular weight excluding hydrogens is 200 g/mol. The fourth-order valence-electron chi connectivity index (χ4n) is 2.84. The summed E-state index contributed by atoms with van der Waals surface area (Å²) in [4.78, 5) is 13.9. The molecule has 3 heteroatoms. The van der Waals surface area contributed by atoms with Crippen LogP contribution in [0.1, 0.15) is 32.1 Å². The molecular formula is C13H22N2O. The largest absolute Gasteiger partial charge is 0.343 e. The highest BCUT2D eigenvalue weighted by Crippen LogP contribution is 2.36. The predicted molar refractivity (Wildman–Crippen MR) is 65.2 cm³/mol. The van der Waals surface area contributed by atoms with Crippen molar-refractivity contribution < 1.29 is 4.79 Å². The highest BCUT2D eigenvalue weighted by Gasteiger charge is 2.37. The predicted octanol–water partition coefficient (Wildman–Crippen LogP) is 1.55. The molecule has 2 heterocycles. The molecule has 0 atom stereocenters. The number of nitrogens with zero attached hydrogens (tertiary/aromatic N) is 1. The van der Waals surface area contributed by atoms with Gasteiger partial charge in [0, 0.05) is 26.1 Å². The maximum absolute atomic E-state index is 11.8. The van der Waals surface area contributed by atoms with Gasteiger partial charge in [-0.15, -0.1) is 6.58 Å². The maximum Gasteiger partial charge on any atom is 0.222 e. The summed E-state index contributed by atoms with van der Waals surface area (Å²) in [5.41, 5.74) is 0.509. The average molecular weight is 222 g/mol. The van der Waals surface area contributed by atoms with E-state index >= 15 is 0 Å². The Hall–Kier alpha value is -0.830. The topological polar surface area (TPSA) is 32.3 Å². The van der Waals surface area contributed by atoms with Gasteiger partial charge in [0.15, 0.2) is 0 Å². The Morgan fingerprint density at radius 2 is 2.12 bits per heavy atom. The second-order valence-electron chi connectivity index (χ2n) is 5.13. The second-order valence-corrected chi connectivity index (χ2v) is 5.13. The SMILES string of the molecule is C=CCCC(=O)N1CCC2(CCNC2)CC1. The summed E-state index contributed by atoms with van der Waals surface area (Å²) in [7, 11) is 0. The van der Waals surface area contributed by atoms with Gasteiger partial charge in [0.05, 0.1) is 0 Å². The van der Waals surface area contributed by atoms with E-state index < -0.39 is 0 Å². The van der Waals surface area contributed by atoms with Gasteiger partial charge in [-0.2, -0.15) is 0 Å². The molecule has 2 saturated heterocycles. The van der Waals surface area contributed by atoms with E-state index in [1.54, 1.807) is 0 Å². The number of carbonyl (C=O) groups excluding carboxylic acids is 1. The van der Waals surface area contributed by atoms with Crippen LogP contribution in [0.4, 0.5) is 0 Å². The molecule has 2 fully saturated rings. The number of amides is 1. The van der Waals surface area contributed by atoms with Crippen LogP contribution in [0.25, 0.3) is 0 Å². The smallest absolute Gasteiger partial charge is 0.222 e. The number of piperidine rings is 1. The van der Waals surface area contributed by atoms with Crippen LogP contribution in [0.15, 0.2) is 12.7 Å². The van der Waals surface area contributed by atoms with E-state index in [2.05, 4.69) is 11.9 Å². The number of hydrogen-bond acceptors (Lipinski definition) is 2. The van der Waals surface area contributed by atoms with Gasteiger partial charge in [0.1, 0.15) is 0 Å². The Kier molecular flexibility index (Phi) is 3.64. The lowest BCUT2D eigenvalue weighted by Gasteiger charge is -2.38. The third-order valence-corrected chi connectivity index (χ3v) is 4.07. The number of likely N-dealkylation sites (tertiary alicyclic amines) is 1. The third kappa shape index (κ3) is 2.46. The quantitative estimate of drug-likeness (QED) is 0.735. The Morgan fingerprint density at radius 1 is 1.38 bits per heavy atom. The van der Waals surface area contributed by atoms with Crippen molar-refractivity contribution in [2.75, 3.05) is 26.2 Å². The molecule has 0 bridgehead atoms. The van der Waals surface area contributed by atoms with Crippen LogP contribution in [0.2, 0.25) is 0 Å². The van der Waals surface area contributed by atoms with Crippen molar-refractivity contribution in [2.24, 2.45) is 5.41 Å². The first-order chi connectivity index (χ1) is 7.76. The molecule has 0 aromatic rings. The zero-order chi connectivity index (χ0) is 11.4. The van der Waals surface area contributed by atoms with E-state index in [0.717, 1.165) is 32.6 Å². The van der Waals surface area contributed by atoms with Gasteiger partial charge < -0.3 is 10.2 Å². The van der Waals surface area contributed by atoms with Crippen molar-refractivity contribution in [1.29, 1.82) is 0 Å². The minimum absolute atomic E-state index is 0.306. The summed E-state index contributed by atoms with van der Waals surface area (Å²) in [6, 6.07) is 0. The fraction of sp³-hybridized carbons (Fsp3) is 0.769. The molecule has 2 rings (SSSR count). The summed E-state index contributed by atoms with van der Waals surface area (Å²) in [5, 5.41) is 3.44. The summed E-state index contributed by atoms with van der Waals surface area (Å²) >= 11 is 0. The lowest BCUT2D eigenvalue weighted by Crippen LogP contribution is -2.43. The molecule has 90 valence electrons. The average Bonchev–Trinajstić information content (AvgIpc) is 2.75. The molecule has 0 aliphatic carbocycles. The molecule has 1 amide bonds. The molecule has 16 heavy (non-hydrogen) atoms. The molecule has 0 unspecified atom stereocenters. The molecule has 1 spiro atoms. The maximum atomic E-state index is 11.8. The van der Waals surface area contributed by atoms with Gasteiger partial charge in [-0.3, -0.25) is 4.79 Å². The molecule has 0 aromatic heterocycles. The van der Waals surface area contributed by atoms with Gasteiger partial charge in [-0.05, 0) is 37.6 Å². The van der Waals surface area contributed by atoms with Crippen LogP contribution < -0.4 is 5.32 Å². The number of hydrogen-bond donors (Lipinski definition) is 1. The monoisotopic (exact) mass is 222 g/mol. The van der Waals surface area contributed by atoms with E-state index in [1.165, 1.54) is 19.3 Å².